The van der Waals surface area contributed by atoms with Gasteiger partial charge in [-0.05, 0) is 24.5 Å². The molecular weight excluding hydrogens is 246 g/mol. The molecule has 0 saturated carbocycles. The van der Waals surface area contributed by atoms with Crippen LogP contribution in [0.5, 0.6) is 0 Å². The van der Waals surface area contributed by atoms with Crippen molar-refractivity contribution in [3.63, 3.8) is 0 Å². The van der Waals surface area contributed by atoms with Crippen LogP contribution in [0.2, 0.25) is 0 Å². The molecule has 0 saturated heterocycles. The van der Waals surface area contributed by atoms with Gasteiger partial charge in [-0.25, -0.2) is 15.0 Å². The Morgan fingerprint density at radius 3 is 2.83 bits per heavy atom. The van der Waals surface area contributed by atoms with E-state index in [1.807, 2.05) is 41.2 Å². The van der Waals surface area contributed by atoms with Gasteiger partial charge < -0.3 is 5.73 Å². The number of fused-ring (bicyclic) bond motifs is 1. The van der Waals surface area contributed by atoms with E-state index < -0.39 is 0 Å². The number of nitrogens with zero attached hydrogens (tertiary/aromatic N) is 4. The van der Waals surface area contributed by atoms with Crippen LogP contribution < -0.4 is 5.73 Å². The molecule has 0 aliphatic rings. The highest BCUT2D eigenvalue weighted by Gasteiger charge is 2.10. The van der Waals surface area contributed by atoms with Gasteiger partial charge in [0.15, 0.2) is 5.16 Å². The Labute approximate surface area is 108 Å². The van der Waals surface area contributed by atoms with E-state index in [1.54, 1.807) is 6.20 Å². The minimum absolute atomic E-state index is 0.432. The number of rotatable bonds is 2. The summed E-state index contributed by atoms with van der Waals surface area (Å²) in [6, 6.07) is 9.62. The van der Waals surface area contributed by atoms with Gasteiger partial charge in [-0.3, -0.25) is 4.57 Å². The van der Waals surface area contributed by atoms with E-state index in [4.69, 9.17) is 5.73 Å². The zero-order chi connectivity index (χ0) is 12.5. The lowest BCUT2D eigenvalue weighted by atomic mass is 10.3. The fourth-order valence-electron chi connectivity index (χ4n) is 1.84. The third kappa shape index (κ3) is 1.70. The first kappa shape index (κ1) is 11.0. The maximum Gasteiger partial charge on any atom is 0.207 e. The molecule has 2 aromatic heterocycles. The maximum atomic E-state index is 5.96. The molecule has 0 aliphatic carbocycles. The monoisotopic (exact) mass is 257 g/mol. The van der Waals surface area contributed by atoms with Gasteiger partial charge in [0, 0.05) is 6.20 Å². The summed E-state index contributed by atoms with van der Waals surface area (Å²) < 4.78 is 1.83. The van der Waals surface area contributed by atoms with Crippen LogP contribution in [-0.2, 0) is 0 Å². The van der Waals surface area contributed by atoms with Crippen LogP contribution in [0, 0.1) is 0 Å². The molecule has 0 aliphatic heterocycles. The number of nitrogen functional groups attached to an aromatic ring is 1. The maximum absolute atomic E-state index is 5.96. The van der Waals surface area contributed by atoms with Gasteiger partial charge in [0.2, 0.25) is 5.95 Å². The molecular formula is C12H11N5S. The van der Waals surface area contributed by atoms with Crippen molar-refractivity contribution in [2.45, 2.75) is 5.16 Å². The van der Waals surface area contributed by atoms with Gasteiger partial charge in [-0.15, -0.1) is 0 Å². The lowest BCUT2D eigenvalue weighted by molar-refractivity contribution is 0.908. The lowest BCUT2D eigenvalue weighted by Crippen LogP contribution is -2.03. The summed E-state index contributed by atoms with van der Waals surface area (Å²) >= 11 is 1.49. The molecule has 6 heteroatoms. The number of nitrogens with two attached hydrogens (primary N) is 1. The number of aromatic nitrogens is 4. The van der Waals surface area contributed by atoms with E-state index in [0.29, 0.717) is 11.1 Å². The highest BCUT2D eigenvalue weighted by Crippen LogP contribution is 2.22. The van der Waals surface area contributed by atoms with E-state index in [2.05, 4.69) is 15.0 Å². The third-order valence-electron chi connectivity index (χ3n) is 2.62. The van der Waals surface area contributed by atoms with Crippen LogP contribution in [0.3, 0.4) is 0 Å². The summed E-state index contributed by atoms with van der Waals surface area (Å²) in [4.78, 5) is 12.9. The van der Waals surface area contributed by atoms with Gasteiger partial charge in [-0.1, -0.05) is 23.9 Å². The Bertz CT molecular complexity index is 707. The minimum Gasteiger partial charge on any atom is -0.369 e. The van der Waals surface area contributed by atoms with Crippen LogP contribution in [-0.4, -0.2) is 25.8 Å². The third-order valence-corrected chi connectivity index (χ3v) is 3.18. The predicted octanol–water partition coefficient (Wildman–Crippen LogP) is 2.12. The second-order valence-electron chi connectivity index (χ2n) is 3.70. The van der Waals surface area contributed by atoms with Crippen molar-refractivity contribution in [1.29, 1.82) is 0 Å². The molecule has 0 unspecified atom stereocenters. The largest absolute Gasteiger partial charge is 0.369 e. The Hall–Kier alpha value is -2.08. The standard InChI is InChI=1S/C12H11N5S/c1-18-12-14-7-6-10(16-12)17-9-5-3-2-4-8(9)15-11(17)13/h2-7H,1H3,(H2,13,15). The first-order chi connectivity index (χ1) is 8.79. The summed E-state index contributed by atoms with van der Waals surface area (Å²) in [5.41, 5.74) is 7.77. The van der Waals surface area contributed by atoms with Gasteiger partial charge in [0.25, 0.3) is 0 Å². The molecule has 0 atom stereocenters. The average Bonchev–Trinajstić information content (AvgIpc) is 2.74. The van der Waals surface area contributed by atoms with Gasteiger partial charge >= 0.3 is 0 Å². The quantitative estimate of drug-likeness (QED) is 0.562. The van der Waals surface area contributed by atoms with Gasteiger partial charge in [0.1, 0.15) is 5.82 Å². The van der Waals surface area contributed by atoms with Crippen LogP contribution in [0.25, 0.3) is 16.9 Å². The molecule has 0 fully saturated rings. The zero-order valence-electron chi connectivity index (χ0n) is 9.74. The number of benzene rings is 1. The topological polar surface area (TPSA) is 69.6 Å². The van der Waals surface area contributed by atoms with Crippen molar-refractivity contribution in [2.24, 2.45) is 0 Å². The lowest BCUT2D eigenvalue weighted by Gasteiger charge is -2.05. The van der Waals surface area contributed by atoms with Gasteiger partial charge in [-0.2, -0.15) is 0 Å². The van der Waals surface area contributed by atoms with Crippen molar-refractivity contribution in [3.05, 3.63) is 36.5 Å². The molecule has 2 heterocycles. The summed E-state index contributed by atoms with van der Waals surface area (Å²) in [7, 11) is 0. The Balaban J connectivity index is 2.27. The molecule has 90 valence electrons. The van der Waals surface area contributed by atoms with Crippen molar-refractivity contribution in [1.82, 2.24) is 19.5 Å². The summed E-state index contributed by atoms with van der Waals surface area (Å²) in [6.07, 6.45) is 3.66. The highest BCUT2D eigenvalue weighted by molar-refractivity contribution is 7.98. The smallest absolute Gasteiger partial charge is 0.207 e. The fraction of sp³-hybridized carbons (Fsp3) is 0.0833. The first-order valence-electron chi connectivity index (χ1n) is 5.40. The molecule has 3 rings (SSSR count). The van der Waals surface area contributed by atoms with Crippen molar-refractivity contribution < 1.29 is 0 Å². The Kier molecular flexibility index (Phi) is 2.64. The molecule has 2 N–H and O–H groups in total. The number of hydrogen-bond acceptors (Lipinski definition) is 5. The fourth-order valence-corrected chi connectivity index (χ4v) is 2.19. The molecule has 18 heavy (non-hydrogen) atoms. The predicted molar refractivity (Wildman–Crippen MR) is 72.9 cm³/mol. The number of para-hydroxylation sites is 2. The van der Waals surface area contributed by atoms with Crippen molar-refractivity contribution in [3.8, 4) is 5.82 Å². The molecule has 5 nitrogen and oxygen atoms in total. The van der Waals surface area contributed by atoms with Crippen LogP contribution in [0.15, 0.2) is 41.7 Å². The minimum atomic E-state index is 0.432. The zero-order valence-corrected chi connectivity index (χ0v) is 10.6. The molecule has 0 spiro atoms. The van der Waals surface area contributed by atoms with E-state index in [0.717, 1.165) is 16.9 Å². The van der Waals surface area contributed by atoms with Gasteiger partial charge in [0.05, 0.1) is 11.0 Å². The molecule has 1 aromatic carbocycles. The van der Waals surface area contributed by atoms with E-state index in [9.17, 15) is 0 Å². The number of hydrogen-bond donors (Lipinski definition) is 1. The van der Waals surface area contributed by atoms with E-state index in [-0.39, 0.29) is 0 Å². The van der Waals surface area contributed by atoms with Crippen LogP contribution >= 0.6 is 11.8 Å². The highest BCUT2D eigenvalue weighted by atomic mass is 32.2. The second kappa shape index (κ2) is 4.30. The first-order valence-corrected chi connectivity index (χ1v) is 6.62. The number of thioether (sulfide) groups is 1. The average molecular weight is 257 g/mol. The summed E-state index contributed by atoms with van der Waals surface area (Å²) in [5, 5.41) is 0.713. The van der Waals surface area contributed by atoms with E-state index in [1.165, 1.54) is 11.8 Å². The van der Waals surface area contributed by atoms with Crippen molar-refractivity contribution >= 4 is 28.7 Å². The van der Waals surface area contributed by atoms with Crippen molar-refractivity contribution in [2.75, 3.05) is 12.0 Å². The van der Waals surface area contributed by atoms with E-state index >= 15 is 0 Å². The SMILES string of the molecule is CSc1nccc(-n2c(N)nc3ccccc32)n1. The molecule has 0 amide bonds. The summed E-state index contributed by atoms with van der Waals surface area (Å²) in [5.74, 6) is 1.17. The number of imidazole rings is 1. The molecule has 3 aromatic rings. The second-order valence-corrected chi connectivity index (χ2v) is 4.47. The normalized spacial score (nSPS) is 10.9. The van der Waals surface area contributed by atoms with Crippen LogP contribution in [0.1, 0.15) is 0 Å². The summed E-state index contributed by atoms with van der Waals surface area (Å²) in [6.45, 7) is 0. The Morgan fingerprint density at radius 2 is 2.00 bits per heavy atom. The number of anilines is 1. The van der Waals surface area contributed by atoms with Crippen LogP contribution in [0.4, 0.5) is 5.95 Å². The molecule has 0 radical (unpaired) electrons. The Morgan fingerprint density at radius 1 is 1.17 bits per heavy atom. The molecule has 0 bridgehead atoms.